The van der Waals surface area contributed by atoms with Crippen LogP contribution in [0.3, 0.4) is 0 Å². The van der Waals surface area contributed by atoms with Gasteiger partial charge >= 0.3 is 5.97 Å². The number of carboxylic acid groups (broad SMARTS) is 1. The largest absolute Gasteiger partial charge is 0.481 e. The molecule has 4 nitrogen and oxygen atoms in total. The molecule has 0 bridgehead atoms. The van der Waals surface area contributed by atoms with Gasteiger partial charge in [0.15, 0.2) is 0 Å². The summed E-state index contributed by atoms with van der Waals surface area (Å²) in [6.45, 7) is 2.02. The van der Waals surface area contributed by atoms with Gasteiger partial charge in [0.2, 0.25) is 0 Å². The number of rotatable bonds is 4. The maximum atomic E-state index is 10.9. The Kier molecular flexibility index (Phi) is 3.75. The van der Waals surface area contributed by atoms with Gasteiger partial charge in [-0.3, -0.25) is 4.79 Å². The van der Waals surface area contributed by atoms with Crippen LogP contribution >= 0.6 is 11.8 Å². The number of carboxylic acids is 1. The van der Waals surface area contributed by atoms with Crippen LogP contribution < -0.4 is 0 Å². The SMILES string of the molecule is CSc1ccc(-c2c(C)cc(CC(=O)O)n2C)n1C. The van der Waals surface area contributed by atoms with Gasteiger partial charge in [0.05, 0.1) is 22.8 Å². The molecule has 0 aliphatic heterocycles. The summed E-state index contributed by atoms with van der Waals surface area (Å²) in [5.41, 5.74) is 4.12. The second-order valence-corrected chi connectivity index (χ2v) is 5.44. The van der Waals surface area contributed by atoms with Crippen molar-refractivity contribution in [3.8, 4) is 11.4 Å². The predicted molar refractivity (Wildman–Crippen MR) is 77.7 cm³/mol. The molecule has 0 aliphatic carbocycles. The van der Waals surface area contributed by atoms with Crippen LogP contribution in [0.15, 0.2) is 23.2 Å². The molecule has 2 aromatic rings. The molecule has 19 heavy (non-hydrogen) atoms. The Labute approximate surface area is 117 Å². The van der Waals surface area contributed by atoms with E-state index in [4.69, 9.17) is 5.11 Å². The van der Waals surface area contributed by atoms with Gasteiger partial charge in [-0.1, -0.05) is 0 Å². The highest BCUT2D eigenvalue weighted by Gasteiger charge is 2.16. The second kappa shape index (κ2) is 5.17. The van der Waals surface area contributed by atoms with Gasteiger partial charge in [0.1, 0.15) is 0 Å². The number of thioether (sulfide) groups is 1. The van der Waals surface area contributed by atoms with Gasteiger partial charge < -0.3 is 14.2 Å². The number of hydrogen-bond donors (Lipinski definition) is 1. The Morgan fingerprint density at radius 3 is 2.53 bits per heavy atom. The summed E-state index contributed by atoms with van der Waals surface area (Å²) in [6.07, 6.45) is 2.10. The van der Waals surface area contributed by atoms with Crippen molar-refractivity contribution in [1.29, 1.82) is 0 Å². The fourth-order valence-electron chi connectivity index (χ4n) is 2.46. The van der Waals surface area contributed by atoms with Crippen LogP contribution in [0.2, 0.25) is 0 Å². The molecule has 0 amide bonds. The highest BCUT2D eigenvalue weighted by Crippen LogP contribution is 2.30. The zero-order valence-electron chi connectivity index (χ0n) is 11.6. The number of aromatic nitrogens is 2. The molecular formula is C14H18N2O2S. The van der Waals surface area contributed by atoms with Gasteiger partial charge in [0, 0.05) is 19.8 Å². The Balaban J connectivity index is 2.53. The van der Waals surface area contributed by atoms with Crippen LogP contribution in [0.4, 0.5) is 0 Å². The monoisotopic (exact) mass is 278 g/mol. The van der Waals surface area contributed by atoms with Crippen molar-refractivity contribution in [1.82, 2.24) is 9.13 Å². The molecule has 2 aromatic heterocycles. The third-order valence-corrected chi connectivity index (χ3v) is 4.21. The Morgan fingerprint density at radius 2 is 2.00 bits per heavy atom. The average Bonchev–Trinajstić information content (AvgIpc) is 2.81. The fourth-order valence-corrected chi connectivity index (χ4v) is 3.03. The minimum Gasteiger partial charge on any atom is -0.481 e. The molecular weight excluding hydrogens is 260 g/mol. The lowest BCUT2D eigenvalue weighted by atomic mass is 10.2. The average molecular weight is 278 g/mol. The summed E-state index contributed by atoms with van der Waals surface area (Å²) in [7, 11) is 3.96. The van der Waals surface area contributed by atoms with E-state index in [1.54, 1.807) is 11.8 Å². The first-order valence-electron chi connectivity index (χ1n) is 6.02. The van der Waals surface area contributed by atoms with Crippen molar-refractivity contribution < 1.29 is 9.90 Å². The summed E-state index contributed by atoms with van der Waals surface area (Å²) < 4.78 is 4.11. The van der Waals surface area contributed by atoms with Crippen molar-refractivity contribution in [2.75, 3.05) is 6.26 Å². The van der Waals surface area contributed by atoms with Gasteiger partial charge in [-0.15, -0.1) is 11.8 Å². The summed E-state index contributed by atoms with van der Waals surface area (Å²) in [5, 5.41) is 10.1. The van der Waals surface area contributed by atoms with Gasteiger partial charge in [0.25, 0.3) is 0 Å². The molecule has 0 aliphatic rings. The number of aliphatic carboxylic acids is 1. The van der Waals surface area contributed by atoms with Crippen LogP contribution in [0.25, 0.3) is 11.4 Å². The minimum absolute atomic E-state index is 0.0527. The molecule has 0 saturated heterocycles. The van der Waals surface area contributed by atoms with Crippen molar-refractivity contribution in [2.45, 2.75) is 18.4 Å². The van der Waals surface area contributed by atoms with Gasteiger partial charge in [-0.05, 0) is 36.9 Å². The van der Waals surface area contributed by atoms with Crippen molar-refractivity contribution in [3.05, 3.63) is 29.5 Å². The van der Waals surface area contributed by atoms with Crippen LogP contribution in [-0.2, 0) is 25.3 Å². The van der Waals surface area contributed by atoms with E-state index in [1.807, 2.05) is 37.9 Å². The van der Waals surface area contributed by atoms with E-state index in [9.17, 15) is 4.79 Å². The molecule has 102 valence electrons. The lowest BCUT2D eigenvalue weighted by Gasteiger charge is -2.10. The van der Waals surface area contributed by atoms with E-state index in [-0.39, 0.29) is 6.42 Å². The van der Waals surface area contributed by atoms with E-state index >= 15 is 0 Å². The number of hydrogen-bond acceptors (Lipinski definition) is 2. The minimum atomic E-state index is -0.802. The quantitative estimate of drug-likeness (QED) is 0.875. The maximum absolute atomic E-state index is 10.9. The molecule has 0 radical (unpaired) electrons. The molecule has 2 heterocycles. The fraction of sp³-hybridized carbons (Fsp3) is 0.357. The normalized spacial score (nSPS) is 10.9. The molecule has 2 rings (SSSR count). The van der Waals surface area contributed by atoms with Crippen molar-refractivity contribution in [2.24, 2.45) is 14.1 Å². The van der Waals surface area contributed by atoms with Crippen LogP contribution in [0, 0.1) is 6.92 Å². The Morgan fingerprint density at radius 1 is 1.32 bits per heavy atom. The maximum Gasteiger partial charge on any atom is 0.309 e. The van der Waals surface area contributed by atoms with E-state index < -0.39 is 5.97 Å². The third-order valence-electron chi connectivity index (χ3n) is 3.38. The molecule has 0 unspecified atom stereocenters. The first kappa shape index (κ1) is 13.8. The molecule has 0 atom stereocenters. The van der Waals surface area contributed by atoms with Crippen LogP contribution in [0.5, 0.6) is 0 Å². The second-order valence-electron chi connectivity index (χ2n) is 4.62. The lowest BCUT2D eigenvalue weighted by molar-refractivity contribution is -0.136. The first-order valence-corrected chi connectivity index (χ1v) is 7.25. The van der Waals surface area contributed by atoms with Crippen molar-refractivity contribution >= 4 is 17.7 Å². The summed E-state index contributed by atoms with van der Waals surface area (Å²) >= 11 is 1.70. The molecule has 0 fully saturated rings. The molecule has 5 heteroatoms. The zero-order chi connectivity index (χ0) is 14.2. The Hall–Kier alpha value is -1.62. The lowest BCUT2D eigenvalue weighted by Crippen LogP contribution is -2.06. The smallest absolute Gasteiger partial charge is 0.309 e. The van der Waals surface area contributed by atoms with E-state index in [1.165, 1.54) is 5.03 Å². The summed E-state index contributed by atoms with van der Waals surface area (Å²) in [4.78, 5) is 10.9. The molecule has 1 N–H and O–H groups in total. The topological polar surface area (TPSA) is 47.2 Å². The van der Waals surface area contributed by atoms with Gasteiger partial charge in [-0.2, -0.15) is 0 Å². The summed E-state index contributed by atoms with van der Waals surface area (Å²) in [5.74, 6) is -0.802. The summed E-state index contributed by atoms with van der Waals surface area (Å²) in [6, 6.07) is 6.12. The highest BCUT2D eigenvalue weighted by atomic mass is 32.2. The highest BCUT2D eigenvalue weighted by molar-refractivity contribution is 7.98. The first-order chi connectivity index (χ1) is 8.95. The van der Waals surface area contributed by atoms with Crippen LogP contribution in [0.1, 0.15) is 11.3 Å². The van der Waals surface area contributed by atoms with Crippen LogP contribution in [-0.4, -0.2) is 26.5 Å². The number of aryl methyl sites for hydroxylation is 1. The van der Waals surface area contributed by atoms with Crippen molar-refractivity contribution in [3.63, 3.8) is 0 Å². The Bertz CT molecular complexity index is 626. The molecule has 0 spiro atoms. The zero-order valence-corrected chi connectivity index (χ0v) is 12.4. The predicted octanol–water partition coefficient (Wildman–Crippen LogP) is 2.69. The molecule has 0 aromatic carbocycles. The standard InChI is InChI=1S/C14H18N2O2S/c1-9-7-10(8-13(17)18)15(2)14(9)11-5-6-12(19-4)16(11)3/h5-7H,8H2,1-4H3,(H,17,18). The number of nitrogens with zero attached hydrogens (tertiary/aromatic N) is 2. The van der Waals surface area contributed by atoms with E-state index in [0.717, 1.165) is 22.6 Å². The number of carbonyl (C=O) groups is 1. The third kappa shape index (κ3) is 2.42. The van der Waals surface area contributed by atoms with E-state index in [0.29, 0.717) is 0 Å². The van der Waals surface area contributed by atoms with Gasteiger partial charge in [-0.25, -0.2) is 0 Å². The molecule has 0 saturated carbocycles. The van der Waals surface area contributed by atoms with E-state index in [2.05, 4.69) is 16.7 Å².